The van der Waals surface area contributed by atoms with Gasteiger partial charge in [-0.25, -0.2) is 0 Å². The lowest BCUT2D eigenvalue weighted by molar-refractivity contribution is 0.294. The molecule has 0 aliphatic rings. The van der Waals surface area contributed by atoms with Crippen LogP contribution in [0, 0.1) is 0 Å². The number of hydrogen-bond donors (Lipinski definition) is 2. The molecule has 0 amide bonds. The lowest BCUT2D eigenvalue weighted by atomic mass is 10.1. The fraction of sp³-hybridized carbons (Fsp3) is 0.667. The van der Waals surface area contributed by atoms with Crippen LogP contribution in [0.2, 0.25) is 0 Å². The molecule has 0 bridgehead atoms. The van der Waals surface area contributed by atoms with Gasteiger partial charge in [0, 0.05) is 13.1 Å². The number of nitrogens with one attached hydrogen (secondary N) is 1. The van der Waals surface area contributed by atoms with E-state index in [0.29, 0.717) is 6.54 Å². The molecule has 0 aromatic rings. The number of hydrogen-bond acceptors (Lipinski definition) is 2. The molecule has 0 aliphatic carbocycles. The Morgan fingerprint density at radius 1 is 1.21 bits per heavy atom. The maximum atomic E-state index is 8.54. The minimum atomic E-state index is 0.213. The monoisotopic (exact) mass is 197 g/mol. The first-order valence-corrected chi connectivity index (χ1v) is 5.27. The van der Waals surface area contributed by atoms with Crippen LogP contribution in [0.15, 0.2) is 23.3 Å². The van der Waals surface area contributed by atoms with E-state index in [4.69, 9.17) is 5.11 Å². The highest BCUT2D eigenvalue weighted by Gasteiger charge is 1.88. The largest absolute Gasteiger partial charge is 0.395 e. The molecule has 0 heterocycles. The molecule has 0 aromatic carbocycles. The van der Waals surface area contributed by atoms with Crippen LogP contribution in [0.25, 0.3) is 0 Å². The normalized spacial score (nSPS) is 11.6. The molecule has 0 spiro atoms. The molecular formula is C12H23NO. The van der Waals surface area contributed by atoms with Gasteiger partial charge >= 0.3 is 0 Å². The smallest absolute Gasteiger partial charge is 0.0556 e. The first kappa shape index (κ1) is 13.4. The molecule has 0 rings (SSSR count). The van der Waals surface area contributed by atoms with Crippen molar-refractivity contribution >= 4 is 0 Å². The van der Waals surface area contributed by atoms with Crippen molar-refractivity contribution < 1.29 is 5.11 Å². The standard InChI is InChI=1S/C12H23NO/c1-11(2)5-4-6-12(3)7-8-13-9-10-14/h5,7,13-14H,4,6,8-10H2,1-3H3/b12-7+. The van der Waals surface area contributed by atoms with Crippen molar-refractivity contribution in [2.45, 2.75) is 33.6 Å². The van der Waals surface area contributed by atoms with Gasteiger partial charge in [-0.05, 0) is 33.6 Å². The molecule has 2 heteroatoms. The van der Waals surface area contributed by atoms with E-state index in [-0.39, 0.29) is 6.61 Å². The number of aliphatic hydroxyl groups is 1. The van der Waals surface area contributed by atoms with E-state index in [1.54, 1.807) is 0 Å². The Morgan fingerprint density at radius 2 is 1.93 bits per heavy atom. The minimum absolute atomic E-state index is 0.213. The Labute approximate surface area is 87.7 Å². The van der Waals surface area contributed by atoms with Crippen LogP contribution in [0.4, 0.5) is 0 Å². The maximum Gasteiger partial charge on any atom is 0.0556 e. The van der Waals surface area contributed by atoms with Crippen LogP contribution in [0.5, 0.6) is 0 Å². The number of rotatable bonds is 7. The molecule has 0 radical (unpaired) electrons. The van der Waals surface area contributed by atoms with Crippen LogP contribution < -0.4 is 5.32 Å². The SMILES string of the molecule is CC(C)=CCC/C(C)=C/CNCCO. The van der Waals surface area contributed by atoms with Gasteiger partial charge in [-0.3, -0.25) is 0 Å². The Kier molecular flexibility index (Phi) is 8.59. The molecule has 14 heavy (non-hydrogen) atoms. The summed E-state index contributed by atoms with van der Waals surface area (Å²) in [5.74, 6) is 0. The van der Waals surface area contributed by atoms with E-state index in [1.165, 1.54) is 11.1 Å². The van der Waals surface area contributed by atoms with Gasteiger partial charge in [0.2, 0.25) is 0 Å². The highest BCUT2D eigenvalue weighted by molar-refractivity contribution is 5.02. The predicted octanol–water partition coefficient (Wildman–Crippen LogP) is 2.26. The highest BCUT2D eigenvalue weighted by atomic mass is 16.3. The third kappa shape index (κ3) is 9.49. The van der Waals surface area contributed by atoms with Crippen molar-refractivity contribution in [1.82, 2.24) is 5.32 Å². The van der Waals surface area contributed by atoms with Crippen molar-refractivity contribution in [1.29, 1.82) is 0 Å². The van der Waals surface area contributed by atoms with E-state index < -0.39 is 0 Å². The number of allylic oxidation sites excluding steroid dienone is 3. The van der Waals surface area contributed by atoms with E-state index in [9.17, 15) is 0 Å². The zero-order chi connectivity index (χ0) is 10.8. The Balaban J connectivity index is 3.52. The van der Waals surface area contributed by atoms with Gasteiger partial charge in [-0.2, -0.15) is 0 Å². The summed E-state index contributed by atoms with van der Waals surface area (Å²) in [6.45, 7) is 8.16. The zero-order valence-electron chi connectivity index (χ0n) is 9.64. The van der Waals surface area contributed by atoms with E-state index in [2.05, 4.69) is 38.2 Å². The summed E-state index contributed by atoms with van der Waals surface area (Å²) in [7, 11) is 0. The van der Waals surface area contributed by atoms with Gasteiger partial charge in [-0.1, -0.05) is 23.3 Å². The Bertz CT molecular complexity index is 190. The second kappa shape index (κ2) is 8.97. The molecular weight excluding hydrogens is 174 g/mol. The summed E-state index contributed by atoms with van der Waals surface area (Å²) in [4.78, 5) is 0. The first-order chi connectivity index (χ1) is 6.66. The molecule has 0 saturated heterocycles. The summed E-state index contributed by atoms with van der Waals surface area (Å²) < 4.78 is 0. The van der Waals surface area contributed by atoms with Gasteiger partial charge in [0.1, 0.15) is 0 Å². The molecule has 0 fully saturated rings. The molecule has 2 N–H and O–H groups in total. The lowest BCUT2D eigenvalue weighted by Gasteiger charge is -2.00. The predicted molar refractivity (Wildman–Crippen MR) is 62.4 cm³/mol. The van der Waals surface area contributed by atoms with Crippen molar-refractivity contribution in [3.05, 3.63) is 23.3 Å². The minimum Gasteiger partial charge on any atom is -0.395 e. The van der Waals surface area contributed by atoms with Gasteiger partial charge in [0.25, 0.3) is 0 Å². The summed E-state index contributed by atoms with van der Waals surface area (Å²) in [6.07, 6.45) is 6.71. The summed E-state index contributed by atoms with van der Waals surface area (Å²) >= 11 is 0. The molecule has 0 unspecified atom stereocenters. The highest BCUT2D eigenvalue weighted by Crippen LogP contribution is 2.05. The summed E-state index contributed by atoms with van der Waals surface area (Å²) in [6, 6.07) is 0. The van der Waals surface area contributed by atoms with Crippen LogP contribution in [-0.2, 0) is 0 Å². The molecule has 2 nitrogen and oxygen atoms in total. The molecule has 0 saturated carbocycles. The quantitative estimate of drug-likeness (QED) is 0.484. The van der Waals surface area contributed by atoms with Gasteiger partial charge in [0.05, 0.1) is 6.61 Å². The van der Waals surface area contributed by atoms with Crippen LogP contribution in [0.1, 0.15) is 33.6 Å². The Hall–Kier alpha value is -0.600. The lowest BCUT2D eigenvalue weighted by Crippen LogP contribution is -2.18. The average Bonchev–Trinajstić information content (AvgIpc) is 2.12. The topological polar surface area (TPSA) is 32.3 Å². The fourth-order valence-electron chi connectivity index (χ4n) is 1.12. The van der Waals surface area contributed by atoms with E-state index in [0.717, 1.165) is 19.4 Å². The first-order valence-electron chi connectivity index (χ1n) is 5.27. The molecule has 0 atom stereocenters. The number of aliphatic hydroxyl groups excluding tert-OH is 1. The average molecular weight is 197 g/mol. The van der Waals surface area contributed by atoms with Crippen molar-refractivity contribution in [2.75, 3.05) is 19.7 Å². The fourth-order valence-corrected chi connectivity index (χ4v) is 1.12. The van der Waals surface area contributed by atoms with Gasteiger partial charge < -0.3 is 10.4 Å². The third-order valence-corrected chi connectivity index (χ3v) is 1.97. The molecule has 0 aromatic heterocycles. The summed E-state index contributed by atoms with van der Waals surface area (Å²) in [5, 5.41) is 11.7. The summed E-state index contributed by atoms with van der Waals surface area (Å²) in [5.41, 5.74) is 2.80. The van der Waals surface area contributed by atoms with Crippen molar-refractivity contribution in [2.24, 2.45) is 0 Å². The molecule has 0 aliphatic heterocycles. The zero-order valence-corrected chi connectivity index (χ0v) is 9.64. The van der Waals surface area contributed by atoms with E-state index in [1.807, 2.05) is 0 Å². The second-order valence-corrected chi connectivity index (χ2v) is 3.80. The Morgan fingerprint density at radius 3 is 2.50 bits per heavy atom. The van der Waals surface area contributed by atoms with Gasteiger partial charge in [-0.15, -0.1) is 0 Å². The third-order valence-electron chi connectivity index (χ3n) is 1.97. The van der Waals surface area contributed by atoms with E-state index >= 15 is 0 Å². The van der Waals surface area contributed by atoms with Crippen LogP contribution >= 0.6 is 0 Å². The van der Waals surface area contributed by atoms with Crippen molar-refractivity contribution in [3.8, 4) is 0 Å². The maximum absolute atomic E-state index is 8.54. The van der Waals surface area contributed by atoms with Crippen LogP contribution in [-0.4, -0.2) is 24.8 Å². The second-order valence-electron chi connectivity index (χ2n) is 3.80. The van der Waals surface area contributed by atoms with Crippen LogP contribution in [0.3, 0.4) is 0 Å². The molecule has 82 valence electrons. The van der Waals surface area contributed by atoms with Gasteiger partial charge in [0.15, 0.2) is 0 Å². The van der Waals surface area contributed by atoms with Crippen molar-refractivity contribution in [3.63, 3.8) is 0 Å².